The highest BCUT2D eigenvalue weighted by atomic mass is 16.5. The van der Waals surface area contributed by atoms with E-state index in [1.807, 2.05) is 18.2 Å². The van der Waals surface area contributed by atoms with Crippen LogP contribution in [-0.2, 0) is 0 Å². The average Bonchev–Trinajstić information content (AvgIpc) is 2.71. The molecule has 2 rings (SSSR count). The van der Waals surface area contributed by atoms with Crippen molar-refractivity contribution in [1.82, 2.24) is 0 Å². The molecule has 3 heteroatoms. The van der Waals surface area contributed by atoms with Crippen LogP contribution in [0.2, 0.25) is 0 Å². The van der Waals surface area contributed by atoms with Crippen LogP contribution in [-0.4, -0.2) is 26.8 Å². The molecule has 146 valence electrons. The van der Waals surface area contributed by atoms with Crippen LogP contribution in [0, 0.1) is 0 Å². The third-order valence-corrected chi connectivity index (χ3v) is 4.36. The molecule has 0 aliphatic rings. The molecule has 0 saturated heterocycles. The Bertz CT molecular complexity index is 718. The molecule has 2 aromatic rings. The fraction of sp³-hybridized carbons (Fsp3) is 0.417. The molecule has 0 unspecified atom stereocenters. The van der Waals surface area contributed by atoms with Crippen LogP contribution in [0.4, 0.5) is 5.69 Å². The van der Waals surface area contributed by atoms with Gasteiger partial charge >= 0.3 is 0 Å². The third-order valence-electron chi connectivity index (χ3n) is 4.36. The minimum absolute atomic E-state index is 0.727. The van der Waals surface area contributed by atoms with Gasteiger partial charge in [0.05, 0.1) is 13.7 Å². The van der Waals surface area contributed by atoms with Gasteiger partial charge in [-0.1, -0.05) is 45.1 Å². The Balaban J connectivity index is 2.29. The first kappa shape index (κ1) is 20.9. The fourth-order valence-corrected chi connectivity index (χ4v) is 3.04. The van der Waals surface area contributed by atoms with Gasteiger partial charge in [-0.15, -0.1) is 0 Å². The maximum atomic E-state index is 6.06. The summed E-state index contributed by atoms with van der Waals surface area (Å²) in [6.07, 6.45) is 7.50. The van der Waals surface area contributed by atoms with Crippen LogP contribution in [0.5, 0.6) is 11.5 Å². The molecule has 0 bridgehead atoms. The van der Waals surface area contributed by atoms with Crippen LogP contribution in [0.25, 0.3) is 12.2 Å². The lowest BCUT2D eigenvalue weighted by Gasteiger charge is -2.25. The van der Waals surface area contributed by atoms with Gasteiger partial charge in [0.15, 0.2) is 0 Å². The lowest BCUT2D eigenvalue weighted by molar-refractivity contribution is 0.317. The first-order valence-electron chi connectivity index (χ1n) is 10.1. The quantitative estimate of drug-likeness (QED) is 0.436. The van der Waals surface area contributed by atoms with Crippen molar-refractivity contribution in [3.63, 3.8) is 0 Å². The second kappa shape index (κ2) is 11.3. The molecule has 0 aromatic heterocycles. The van der Waals surface area contributed by atoms with Crippen molar-refractivity contribution in [3.8, 4) is 11.5 Å². The van der Waals surface area contributed by atoms with Crippen LogP contribution in [0.15, 0.2) is 42.5 Å². The van der Waals surface area contributed by atoms with Crippen LogP contribution < -0.4 is 14.4 Å². The van der Waals surface area contributed by atoms with Crippen molar-refractivity contribution in [2.75, 3.05) is 31.7 Å². The van der Waals surface area contributed by atoms with Gasteiger partial charge in [-0.3, -0.25) is 0 Å². The second-order valence-electron chi connectivity index (χ2n) is 6.67. The van der Waals surface area contributed by atoms with E-state index in [1.165, 1.54) is 5.69 Å². The zero-order chi connectivity index (χ0) is 19.5. The molecule has 0 aliphatic carbocycles. The highest BCUT2D eigenvalue weighted by Gasteiger charge is 2.09. The number of benzene rings is 2. The average molecular weight is 368 g/mol. The van der Waals surface area contributed by atoms with Crippen LogP contribution in [0.3, 0.4) is 0 Å². The summed E-state index contributed by atoms with van der Waals surface area (Å²) < 4.78 is 11.4. The Hall–Kier alpha value is -2.42. The summed E-state index contributed by atoms with van der Waals surface area (Å²) in [5.74, 6) is 1.82. The van der Waals surface area contributed by atoms with Crippen molar-refractivity contribution >= 4 is 17.8 Å². The van der Waals surface area contributed by atoms with E-state index in [9.17, 15) is 0 Å². The van der Waals surface area contributed by atoms with E-state index in [0.717, 1.165) is 61.6 Å². The lowest BCUT2D eigenvalue weighted by atomic mass is 10.1. The van der Waals surface area contributed by atoms with E-state index in [4.69, 9.17) is 9.47 Å². The van der Waals surface area contributed by atoms with E-state index in [1.54, 1.807) is 7.11 Å². The van der Waals surface area contributed by atoms with Crippen molar-refractivity contribution in [2.24, 2.45) is 0 Å². The Morgan fingerprint density at radius 3 is 2.33 bits per heavy atom. The topological polar surface area (TPSA) is 21.7 Å². The summed E-state index contributed by atoms with van der Waals surface area (Å²) in [5, 5.41) is 0. The predicted octanol–water partition coefficient (Wildman–Crippen LogP) is 6.28. The van der Waals surface area contributed by atoms with Gasteiger partial charge in [0.25, 0.3) is 0 Å². The molecule has 2 aromatic carbocycles. The number of ether oxygens (including phenoxy) is 2. The normalized spacial score (nSPS) is 11.0. The molecule has 0 fully saturated rings. The van der Waals surface area contributed by atoms with E-state index < -0.39 is 0 Å². The monoisotopic (exact) mass is 367 g/mol. The van der Waals surface area contributed by atoms with E-state index in [-0.39, 0.29) is 0 Å². The molecule has 0 N–H and O–H groups in total. The number of hydrogen-bond acceptors (Lipinski definition) is 3. The number of anilines is 1. The molecule has 0 saturated carbocycles. The SMILES string of the molecule is CCCOc1cc(N(CCC)CCC)ccc1/C=C/c1cccc(OC)c1. The second-order valence-corrected chi connectivity index (χ2v) is 6.67. The van der Waals surface area contributed by atoms with Crippen molar-refractivity contribution in [2.45, 2.75) is 40.0 Å². The maximum absolute atomic E-state index is 6.06. The highest BCUT2D eigenvalue weighted by Crippen LogP contribution is 2.28. The number of rotatable bonds is 11. The summed E-state index contributed by atoms with van der Waals surface area (Å²) in [6, 6.07) is 14.6. The van der Waals surface area contributed by atoms with Crippen molar-refractivity contribution < 1.29 is 9.47 Å². The molecule has 0 radical (unpaired) electrons. The summed E-state index contributed by atoms with van der Waals surface area (Å²) in [4.78, 5) is 2.44. The predicted molar refractivity (Wildman–Crippen MR) is 117 cm³/mol. The van der Waals surface area contributed by atoms with Gasteiger partial charge in [0.1, 0.15) is 11.5 Å². The summed E-state index contributed by atoms with van der Waals surface area (Å²) in [7, 11) is 1.69. The molecular weight excluding hydrogens is 334 g/mol. The first-order chi connectivity index (χ1) is 13.2. The Kier molecular flexibility index (Phi) is 8.76. The zero-order valence-corrected chi connectivity index (χ0v) is 17.2. The molecule has 0 spiro atoms. The van der Waals surface area contributed by atoms with Crippen LogP contribution >= 0.6 is 0 Å². The Morgan fingerprint density at radius 1 is 0.889 bits per heavy atom. The molecule has 0 amide bonds. The van der Waals surface area contributed by atoms with E-state index in [0.29, 0.717) is 0 Å². The minimum Gasteiger partial charge on any atom is -0.497 e. The van der Waals surface area contributed by atoms with Crippen molar-refractivity contribution in [3.05, 3.63) is 53.6 Å². The maximum Gasteiger partial charge on any atom is 0.128 e. The fourth-order valence-electron chi connectivity index (χ4n) is 3.04. The molecule has 0 atom stereocenters. The minimum atomic E-state index is 0.727. The standard InChI is InChI=1S/C24H33NO2/c1-5-15-25(16-6-2)22-14-13-21(24(19-22)27-17-7-3)12-11-20-9-8-10-23(18-20)26-4/h8-14,18-19H,5-7,15-17H2,1-4H3/b12-11+. The zero-order valence-electron chi connectivity index (χ0n) is 17.2. The molecular formula is C24H33NO2. The number of nitrogens with zero attached hydrogens (tertiary/aromatic N) is 1. The molecule has 0 heterocycles. The van der Waals surface area contributed by atoms with Gasteiger partial charge in [-0.2, -0.15) is 0 Å². The summed E-state index contributed by atoms with van der Waals surface area (Å²) in [5.41, 5.74) is 3.45. The highest BCUT2D eigenvalue weighted by molar-refractivity contribution is 5.74. The van der Waals surface area contributed by atoms with E-state index >= 15 is 0 Å². The van der Waals surface area contributed by atoms with Gasteiger partial charge in [-0.25, -0.2) is 0 Å². The largest absolute Gasteiger partial charge is 0.497 e. The van der Waals surface area contributed by atoms with Gasteiger partial charge in [-0.05, 0) is 49.1 Å². The van der Waals surface area contributed by atoms with Gasteiger partial charge < -0.3 is 14.4 Å². The molecule has 27 heavy (non-hydrogen) atoms. The van der Waals surface area contributed by atoms with Gasteiger partial charge in [0, 0.05) is 30.4 Å². The molecule has 3 nitrogen and oxygen atoms in total. The summed E-state index contributed by atoms with van der Waals surface area (Å²) >= 11 is 0. The Labute approximate surface area is 164 Å². The number of hydrogen-bond donors (Lipinski definition) is 0. The van der Waals surface area contributed by atoms with Crippen LogP contribution in [0.1, 0.15) is 51.2 Å². The molecule has 0 aliphatic heterocycles. The number of methoxy groups -OCH3 is 1. The Morgan fingerprint density at radius 2 is 1.67 bits per heavy atom. The lowest BCUT2D eigenvalue weighted by Crippen LogP contribution is -2.24. The summed E-state index contributed by atoms with van der Waals surface area (Å²) in [6.45, 7) is 9.45. The third kappa shape index (κ3) is 6.35. The smallest absolute Gasteiger partial charge is 0.128 e. The first-order valence-corrected chi connectivity index (χ1v) is 10.1. The van der Waals surface area contributed by atoms with Gasteiger partial charge in [0.2, 0.25) is 0 Å². The van der Waals surface area contributed by atoms with Crippen molar-refractivity contribution in [1.29, 1.82) is 0 Å². The van der Waals surface area contributed by atoms with E-state index in [2.05, 4.69) is 62.1 Å².